The lowest BCUT2D eigenvalue weighted by molar-refractivity contribution is 0.355. The Balaban J connectivity index is 1.56. The molecule has 4 N–H and O–H groups in total. The molecule has 0 fully saturated rings. The van der Waals surface area contributed by atoms with Crippen molar-refractivity contribution in [3.63, 3.8) is 0 Å². The van der Waals surface area contributed by atoms with Crippen LogP contribution >= 0.6 is 0 Å². The first-order chi connectivity index (χ1) is 12.7. The fourth-order valence-electron chi connectivity index (χ4n) is 2.31. The van der Waals surface area contributed by atoms with E-state index >= 15 is 0 Å². The van der Waals surface area contributed by atoms with E-state index in [4.69, 9.17) is 19.6 Å². The highest BCUT2D eigenvalue weighted by Crippen LogP contribution is 2.29. The maximum atomic E-state index is 5.92. The number of aliphatic imine (C=N–C) groups is 1. The first-order valence-corrected chi connectivity index (χ1v) is 7.93. The van der Waals surface area contributed by atoms with Crippen LogP contribution in [0.25, 0.3) is 11.6 Å². The van der Waals surface area contributed by atoms with Crippen LogP contribution < -0.4 is 20.5 Å². The molecule has 3 aromatic rings. The fourth-order valence-corrected chi connectivity index (χ4v) is 2.31. The van der Waals surface area contributed by atoms with Crippen LogP contribution in [0.2, 0.25) is 0 Å². The molecular formula is C17H20N6O3. The number of nitrogens with two attached hydrogens (primary N) is 1. The average Bonchev–Trinajstić information content (AvgIpc) is 3.33. The van der Waals surface area contributed by atoms with E-state index in [0.29, 0.717) is 47.8 Å². The van der Waals surface area contributed by atoms with Gasteiger partial charge in [0.25, 0.3) is 0 Å². The van der Waals surface area contributed by atoms with Gasteiger partial charge in [-0.2, -0.15) is 5.10 Å². The largest absolute Gasteiger partial charge is 0.493 e. The van der Waals surface area contributed by atoms with Crippen LogP contribution in [0.15, 0.2) is 46.0 Å². The third kappa shape index (κ3) is 4.12. The van der Waals surface area contributed by atoms with Crippen LogP contribution in [0.4, 0.5) is 5.69 Å². The van der Waals surface area contributed by atoms with E-state index in [1.807, 2.05) is 6.07 Å². The predicted octanol–water partition coefficient (Wildman–Crippen LogP) is 2.05. The molecule has 0 amide bonds. The Morgan fingerprint density at radius 3 is 2.85 bits per heavy atom. The van der Waals surface area contributed by atoms with Crippen LogP contribution in [-0.4, -0.2) is 41.9 Å². The van der Waals surface area contributed by atoms with E-state index in [2.05, 4.69) is 25.5 Å². The minimum atomic E-state index is 0.294. The van der Waals surface area contributed by atoms with E-state index in [1.165, 1.54) is 0 Å². The number of anilines is 1. The summed E-state index contributed by atoms with van der Waals surface area (Å²) in [6, 6.07) is 8.99. The van der Waals surface area contributed by atoms with Gasteiger partial charge in [0.05, 0.1) is 20.5 Å². The number of furan rings is 1. The van der Waals surface area contributed by atoms with Gasteiger partial charge in [0.1, 0.15) is 5.82 Å². The topological polar surface area (TPSA) is 124 Å². The van der Waals surface area contributed by atoms with Gasteiger partial charge in [-0.15, -0.1) is 0 Å². The number of rotatable bonds is 7. The molecule has 9 heteroatoms. The molecule has 0 aliphatic rings. The first-order valence-electron chi connectivity index (χ1n) is 7.93. The Labute approximate surface area is 150 Å². The lowest BCUT2D eigenvalue weighted by Crippen LogP contribution is -2.23. The molecule has 0 unspecified atom stereocenters. The van der Waals surface area contributed by atoms with Crippen molar-refractivity contribution in [3.8, 4) is 23.1 Å². The van der Waals surface area contributed by atoms with Gasteiger partial charge in [-0.1, -0.05) is 0 Å². The maximum absolute atomic E-state index is 5.92. The summed E-state index contributed by atoms with van der Waals surface area (Å²) in [4.78, 5) is 8.64. The van der Waals surface area contributed by atoms with Crippen LogP contribution in [-0.2, 0) is 6.42 Å². The number of aromatic nitrogens is 3. The molecule has 3 rings (SSSR count). The van der Waals surface area contributed by atoms with Crippen molar-refractivity contribution in [2.75, 3.05) is 26.1 Å². The van der Waals surface area contributed by atoms with Crippen molar-refractivity contribution < 1.29 is 13.9 Å². The van der Waals surface area contributed by atoms with Gasteiger partial charge in [0, 0.05) is 24.7 Å². The number of hydrogen-bond acceptors (Lipinski definition) is 6. The zero-order valence-corrected chi connectivity index (χ0v) is 14.5. The Hall–Kier alpha value is -3.49. The molecule has 0 aliphatic heterocycles. The van der Waals surface area contributed by atoms with Crippen LogP contribution in [0.3, 0.4) is 0 Å². The van der Waals surface area contributed by atoms with Crippen LogP contribution in [0, 0.1) is 0 Å². The zero-order valence-electron chi connectivity index (χ0n) is 14.5. The highest BCUT2D eigenvalue weighted by molar-refractivity contribution is 5.92. The Bertz CT molecular complexity index is 873. The van der Waals surface area contributed by atoms with Gasteiger partial charge in [-0.05, 0) is 24.3 Å². The molecule has 0 atom stereocenters. The Kier molecular flexibility index (Phi) is 5.37. The highest BCUT2D eigenvalue weighted by atomic mass is 16.5. The lowest BCUT2D eigenvalue weighted by atomic mass is 10.3. The van der Waals surface area contributed by atoms with Gasteiger partial charge in [-0.25, -0.2) is 4.98 Å². The van der Waals surface area contributed by atoms with Gasteiger partial charge in [-0.3, -0.25) is 10.1 Å². The number of ether oxygens (including phenoxy) is 2. The molecule has 0 saturated heterocycles. The van der Waals surface area contributed by atoms with Crippen molar-refractivity contribution in [1.29, 1.82) is 0 Å². The quantitative estimate of drug-likeness (QED) is 0.437. The minimum Gasteiger partial charge on any atom is -0.493 e. The summed E-state index contributed by atoms with van der Waals surface area (Å²) in [6.45, 7) is 0.457. The smallest absolute Gasteiger partial charge is 0.216 e. The van der Waals surface area contributed by atoms with Crippen LogP contribution in [0.5, 0.6) is 11.5 Å². The number of aromatic amines is 1. The number of benzene rings is 1. The number of nitrogens with zero attached hydrogens (tertiary/aromatic N) is 3. The molecule has 0 aliphatic carbocycles. The third-order valence-corrected chi connectivity index (χ3v) is 3.56. The zero-order chi connectivity index (χ0) is 18.4. The van der Waals surface area contributed by atoms with Crippen molar-refractivity contribution in [2.45, 2.75) is 6.42 Å². The van der Waals surface area contributed by atoms with Crippen LogP contribution in [0.1, 0.15) is 5.82 Å². The SMILES string of the molecule is COc1ccc(NC(N)=NCCc2nc(-c3ccco3)n[nH]2)cc1OC. The van der Waals surface area contributed by atoms with E-state index in [1.54, 1.807) is 44.7 Å². The number of hydrogen-bond donors (Lipinski definition) is 3. The lowest BCUT2D eigenvalue weighted by Gasteiger charge is -2.10. The summed E-state index contributed by atoms with van der Waals surface area (Å²) in [5, 5.41) is 9.98. The number of guanidine groups is 1. The van der Waals surface area contributed by atoms with E-state index in [9.17, 15) is 0 Å². The fraction of sp³-hybridized carbons (Fsp3) is 0.235. The summed E-state index contributed by atoms with van der Waals surface area (Å²) in [6.07, 6.45) is 2.15. The summed E-state index contributed by atoms with van der Waals surface area (Å²) in [5.41, 5.74) is 6.67. The molecule has 0 saturated carbocycles. The number of H-pyrrole nitrogens is 1. The summed E-state index contributed by atoms with van der Waals surface area (Å²) < 4.78 is 15.7. The summed E-state index contributed by atoms with van der Waals surface area (Å²) in [7, 11) is 3.16. The molecule has 2 heterocycles. The molecule has 0 bridgehead atoms. The maximum Gasteiger partial charge on any atom is 0.216 e. The normalized spacial score (nSPS) is 11.4. The van der Waals surface area contributed by atoms with Gasteiger partial charge in [0.2, 0.25) is 5.82 Å². The molecule has 0 spiro atoms. The Morgan fingerprint density at radius 1 is 1.27 bits per heavy atom. The minimum absolute atomic E-state index is 0.294. The van der Waals surface area contributed by atoms with Crippen molar-refractivity contribution in [2.24, 2.45) is 10.7 Å². The molecule has 136 valence electrons. The first kappa shape index (κ1) is 17.3. The van der Waals surface area contributed by atoms with E-state index in [0.717, 1.165) is 5.69 Å². The van der Waals surface area contributed by atoms with Gasteiger partial charge in [0.15, 0.2) is 23.2 Å². The molecule has 1 aromatic carbocycles. The second kappa shape index (κ2) is 8.06. The van der Waals surface area contributed by atoms with Crippen molar-refractivity contribution >= 4 is 11.6 Å². The van der Waals surface area contributed by atoms with E-state index < -0.39 is 0 Å². The number of methoxy groups -OCH3 is 2. The molecular weight excluding hydrogens is 336 g/mol. The molecule has 0 radical (unpaired) electrons. The van der Waals surface area contributed by atoms with Gasteiger partial charge < -0.3 is 24.9 Å². The third-order valence-electron chi connectivity index (χ3n) is 3.56. The second-order valence-corrected chi connectivity index (χ2v) is 5.29. The molecule has 9 nitrogen and oxygen atoms in total. The van der Waals surface area contributed by atoms with Crippen molar-refractivity contribution in [3.05, 3.63) is 42.4 Å². The standard InChI is InChI=1S/C17H20N6O3/c1-24-12-6-5-11(10-14(12)25-2)20-17(18)19-8-7-15-21-16(23-22-15)13-4-3-9-26-13/h3-6,9-10H,7-8H2,1-2H3,(H3,18,19,20)(H,21,22,23). The monoisotopic (exact) mass is 356 g/mol. The predicted molar refractivity (Wildman–Crippen MR) is 97.4 cm³/mol. The van der Waals surface area contributed by atoms with Crippen molar-refractivity contribution in [1.82, 2.24) is 15.2 Å². The highest BCUT2D eigenvalue weighted by Gasteiger charge is 2.08. The molecule has 2 aromatic heterocycles. The Morgan fingerprint density at radius 2 is 2.12 bits per heavy atom. The van der Waals surface area contributed by atoms with Gasteiger partial charge >= 0.3 is 0 Å². The van der Waals surface area contributed by atoms with E-state index in [-0.39, 0.29) is 0 Å². The number of nitrogens with one attached hydrogen (secondary N) is 2. The summed E-state index contributed by atoms with van der Waals surface area (Å²) in [5.74, 6) is 3.39. The average molecular weight is 356 g/mol. The second-order valence-electron chi connectivity index (χ2n) is 5.29. The molecule has 26 heavy (non-hydrogen) atoms. The summed E-state index contributed by atoms with van der Waals surface area (Å²) >= 11 is 0.